The van der Waals surface area contributed by atoms with E-state index in [0.29, 0.717) is 0 Å². The molecular weight excluding hydrogens is 262 g/mol. The van der Waals surface area contributed by atoms with Crippen LogP contribution in [0.3, 0.4) is 0 Å². The number of hydrogen-bond acceptors (Lipinski definition) is 4. The van der Waals surface area contributed by atoms with Crippen LogP contribution in [0.1, 0.15) is 18.2 Å². The minimum Gasteiger partial charge on any atom is -0.496 e. The number of para-hydroxylation sites is 1. The molecule has 4 heteroatoms. The van der Waals surface area contributed by atoms with Crippen molar-refractivity contribution in [3.05, 3.63) is 53.9 Å². The number of aromatic nitrogens is 1. The van der Waals surface area contributed by atoms with Gasteiger partial charge in [0.2, 0.25) is 0 Å². The first-order valence-corrected chi connectivity index (χ1v) is 7.22. The molecule has 0 bridgehead atoms. The maximum absolute atomic E-state index is 5.40. The molecule has 0 spiro atoms. The fourth-order valence-corrected chi connectivity index (χ4v) is 2.34. The van der Waals surface area contributed by atoms with Crippen LogP contribution < -0.4 is 10.1 Å². The Morgan fingerprint density at radius 2 is 2.00 bits per heavy atom. The summed E-state index contributed by atoms with van der Waals surface area (Å²) in [5.74, 6) is 0.929. The Hall–Kier alpha value is -2.07. The van der Waals surface area contributed by atoms with Crippen LogP contribution in [0.15, 0.2) is 42.6 Å². The van der Waals surface area contributed by atoms with Gasteiger partial charge < -0.3 is 10.1 Å². The Bertz CT molecular complexity index is 571. The first-order chi connectivity index (χ1) is 10.2. The van der Waals surface area contributed by atoms with Crippen LogP contribution in [0.25, 0.3) is 0 Å². The average Bonchev–Trinajstić information content (AvgIpc) is 2.48. The number of ether oxygens (including phenoxy) is 1. The summed E-state index contributed by atoms with van der Waals surface area (Å²) in [4.78, 5) is 6.66. The molecule has 21 heavy (non-hydrogen) atoms. The molecule has 2 aromatic rings. The lowest BCUT2D eigenvalue weighted by molar-refractivity contribution is 0.306. The van der Waals surface area contributed by atoms with Gasteiger partial charge in [0.05, 0.1) is 12.8 Å². The highest BCUT2D eigenvalue weighted by atomic mass is 16.5. The van der Waals surface area contributed by atoms with Gasteiger partial charge in [0.1, 0.15) is 5.75 Å². The maximum Gasteiger partial charge on any atom is 0.123 e. The molecule has 1 heterocycles. The number of rotatable bonds is 7. The second-order valence-corrected chi connectivity index (χ2v) is 5.05. The van der Waals surface area contributed by atoms with Gasteiger partial charge in [-0.2, -0.15) is 0 Å². The molecule has 0 fully saturated rings. The Balaban J connectivity index is 2.01. The molecule has 0 aliphatic carbocycles. The van der Waals surface area contributed by atoms with Crippen molar-refractivity contribution in [3.63, 3.8) is 0 Å². The third-order valence-corrected chi connectivity index (χ3v) is 3.26. The number of nitrogens with one attached hydrogen (secondary N) is 1. The molecular formula is C17H23N3O. The average molecular weight is 285 g/mol. The van der Waals surface area contributed by atoms with E-state index in [0.717, 1.165) is 36.8 Å². The molecule has 0 saturated heterocycles. The van der Waals surface area contributed by atoms with Crippen molar-refractivity contribution in [2.45, 2.75) is 20.0 Å². The molecule has 0 aliphatic heterocycles. The lowest BCUT2D eigenvalue weighted by atomic mass is 10.2. The number of methoxy groups -OCH3 is 1. The number of benzene rings is 1. The van der Waals surface area contributed by atoms with Crippen LogP contribution in [0, 0.1) is 0 Å². The Labute approximate surface area is 126 Å². The van der Waals surface area contributed by atoms with E-state index in [2.05, 4.69) is 41.3 Å². The fourth-order valence-electron chi connectivity index (χ4n) is 2.34. The molecule has 0 aliphatic rings. The number of pyridine rings is 1. The van der Waals surface area contributed by atoms with Crippen LogP contribution in [-0.4, -0.2) is 30.6 Å². The van der Waals surface area contributed by atoms with Crippen LogP contribution in [0.2, 0.25) is 0 Å². The Kier molecular flexibility index (Phi) is 5.58. The quantitative estimate of drug-likeness (QED) is 0.848. The second kappa shape index (κ2) is 7.64. The zero-order valence-corrected chi connectivity index (χ0v) is 13.0. The van der Waals surface area contributed by atoms with Crippen molar-refractivity contribution in [1.29, 1.82) is 0 Å². The minimum absolute atomic E-state index is 0.803. The predicted octanol–water partition coefficient (Wildman–Crippen LogP) is 3.15. The normalized spacial score (nSPS) is 10.7. The van der Waals surface area contributed by atoms with E-state index >= 15 is 0 Å². The van der Waals surface area contributed by atoms with Gasteiger partial charge in [-0.15, -0.1) is 0 Å². The summed E-state index contributed by atoms with van der Waals surface area (Å²) in [6.45, 7) is 4.64. The summed E-state index contributed by atoms with van der Waals surface area (Å²) in [6, 6.07) is 12.2. The van der Waals surface area contributed by atoms with E-state index in [9.17, 15) is 0 Å². The first kappa shape index (κ1) is 15.3. The molecule has 0 amide bonds. The summed E-state index contributed by atoms with van der Waals surface area (Å²) in [5.41, 5.74) is 3.37. The lowest BCUT2D eigenvalue weighted by Gasteiger charge is -2.18. The molecule has 0 saturated carbocycles. The standard InChI is InChI=1S/C17H23N3O/c1-4-18-15-9-10-19-16(11-15)13-20(2)12-14-7-5-6-8-17(14)21-3/h5-11H,4,12-13H2,1-3H3,(H,18,19). The van der Waals surface area contributed by atoms with E-state index in [4.69, 9.17) is 4.74 Å². The lowest BCUT2D eigenvalue weighted by Crippen LogP contribution is -2.18. The zero-order valence-electron chi connectivity index (χ0n) is 13.0. The van der Waals surface area contributed by atoms with Crippen molar-refractivity contribution < 1.29 is 4.74 Å². The summed E-state index contributed by atoms with van der Waals surface area (Å²) < 4.78 is 5.40. The van der Waals surface area contributed by atoms with Crippen molar-refractivity contribution in [1.82, 2.24) is 9.88 Å². The molecule has 0 atom stereocenters. The highest BCUT2D eigenvalue weighted by Crippen LogP contribution is 2.19. The predicted molar refractivity (Wildman–Crippen MR) is 86.6 cm³/mol. The monoisotopic (exact) mass is 285 g/mol. The van der Waals surface area contributed by atoms with Gasteiger partial charge in [-0.25, -0.2) is 0 Å². The van der Waals surface area contributed by atoms with E-state index < -0.39 is 0 Å². The number of anilines is 1. The molecule has 1 N–H and O–H groups in total. The maximum atomic E-state index is 5.40. The third kappa shape index (κ3) is 4.46. The highest BCUT2D eigenvalue weighted by molar-refractivity contribution is 5.43. The van der Waals surface area contributed by atoms with Crippen LogP contribution in [0.5, 0.6) is 5.75 Å². The SMILES string of the molecule is CCNc1ccnc(CN(C)Cc2ccccc2OC)c1. The van der Waals surface area contributed by atoms with Gasteiger partial charge in [0.25, 0.3) is 0 Å². The smallest absolute Gasteiger partial charge is 0.123 e. The van der Waals surface area contributed by atoms with Crippen molar-refractivity contribution in [3.8, 4) is 5.75 Å². The van der Waals surface area contributed by atoms with Crippen molar-refractivity contribution in [2.75, 3.05) is 26.0 Å². The molecule has 2 rings (SSSR count). The van der Waals surface area contributed by atoms with E-state index in [1.165, 1.54) is 5.56 Å². The van der Waals surface area contributed by atoms with Crippen LogP contribution in [-0.2, 0) is 13.1 Å². The van der Waals surface area contributed by atoms with Gasteiger partial charge in [-0.1, -0.05) is 18.2 Å². The highest BCUT2D eigenvalue weighted by Gasteiger charge is 2.07. The van der Waals surface area contributed by atoms with Gasteiger partial charge in [-0.05, 0) is 32.2 Å². The van der Waals surface area contributed by atoms with Crippen LogP contribution >= 0.6 is 0 Å². The molecule has 1 aromatic carbocycles. The summed E-state index contributed by atoms with van der Waals surface area (Å²) >= 11 is 0. The van der Waals surface area contributed by atoms with Crippen molar-refractivity contribution in [2.24, 2.45) is 0 Å². The molecule has 0 unspecified atom stereocenters. The number of hydrogen-bond donors (Lipinski definition) is 1. The van der Waals surface area contributed by atoms with Gasteiger partial charge in [0.15, 0.2) is 0 Å². The fraction of sp³-hybridized carbons (Fsp3) is 0.353. The Morgan fingerprint density at radius 1 is 1.19 bits per heavy atom. The summed E-state index contributed by atoms with van der Waals surface area (Å²) in [6.07, 6.45) is 1.85. The minimum atomic E-state index is 0.803. The molecule has 4 nitrogen and oxygen atoms in total. The topological polar surface area (TPSA) is 37.4 Å². The number of nitrogens with zero attached hydrogens (tertiary/aromatic N) is 2. The summed E-state index contributed by atoms with van der Waals surface area (Å²) in [5, 5.41) is 3.31. The molecule has 1 aromatic heterocycles. The van der Waals surface area contributed by atoms with Gasteiger partial charge in [0, 0.05) is 37.1 Å². The van der Waals surface area contributed by atoms with Crippen molar-refractivity contribution >= 4 is 5.69 Å². The molecule has 0 radical (unpaired) electrons. The largest absolute Gasteiger partial charge is 0.496 e. The summed E-state index contributed by atoms with van der Waals surface area (Å²) in [7, 11) is 3.80. The molecule has 112 valence electrons. The Morgan fingerprint density at radius 3 is 2.76 bits per heavy atom. The van der Waals surface area contributed by atoms with Gasteiger partial charge >= 0.3 is 0 Å². The van der Waals surface area contributed by atoms with E-state index in [1.54, 1.807) is 7.11 Å². The van der Waals surface area contributed by atoms with E-state index in [1.807, 2.05) is 30.5 Å². The third-order valence-electron chi connectivity index (χ3n) is 3.26. The second-order valence-electron chi connectivity index (χ2n) is 5.05. The van der Waals surface area contributed by atoms with E-state index in [-0.39, 0.29) is 0 Å². The van der Waals surface area contributed by atoms with Gasteiger partial charge in [-0.3, -0.25) is 9.88 Å². The van der Waals surface area contributed by atoms with Crippen LogP contribution in [0.4, 0.5) is 5.69 Å². The zero-order chi connectivity index (χ0) is 15.1. The first-order valence-electron chi connectivity index (χ1n) is 7.22.